The van der Waals surface area contributed by atoms with Gasteiger partial charge in [0, 0.05) is 18.0 Å². The fraction of sp³-hybridized carbons (Fsp3) is 0.143. The predicted octanol–water partition coefficient (Wildman–Crippen LogP) is 3.67. The summed E-state index contributed by atoms with van der Waals surface area (Å²) < 4.78 is 15.7. The fourth-order valence-electron chi connectivity index (χ4n) is 2.17. The number of nitrogens with zero attached hydrogens (tertiary/aromatic N) is 3. The first-order valence-corrected chi connectivity index (χ1v) is 6.96. The second-order valence-electron chi connectivity index (χ2n) is 4.27. The summed E-state index contributed by atoms with van der Waals surface area (Å²) in [5.74, 6) is 1.36. The molecular weight excluding hydrogens is 309 g/mol. The molecule has 3 aromatic rings. The van der Waals surface area contributed by atoms with E-state index in [9.17, 15) is 4.39 Å². The largest absolute Gasteiger partial charge is 0.313 e. The zero-order chi connectivity index (χ0) is 13.4. The minimum absolute atomic E-state index is 0.220. The molecule has 96 valence electrons. The maximum Gasteiger partial charge on any atom is 0.164 e. The van der Waals surface area contributed by atoms with Crippen LogP contribution in [0.5, 0.6) is 0 Å². The van der Waals surface area contributed by atoms with E-state index < -0.39 is 0 Å². The Morgan fingerprint density at radius 1 is 1.11 bits per heavy atom. The molecule has 0 aliphatic heterocycles. The van der Waals surface area contributed by atoms with Crippen LogP contribution in [0, 0.1) is 5.82 Å². The molecule has 1 heterocycles. The lowest BCUT2D eigenvalue weighted by Crippen LogP contribution is -1.98. The molecule has 0 aliphatic rings. The number of alkyl halides is 1. The molecule has 0 spiro atoms. The van der Waals surface area contributed by atoms with Gasteiger partial charge in [-0.15, -0.1) is 10.2 Å². The van der Waals surface area contributed by atoms with E-state index in [2.05, 4.69) is 26.1 Å². The van der Waals surface area contributed by atoms with Gasteiger partial charge in [-0.2, -0.15) is 0 Å². The maximum absolute atomic E-state index is 13.8. The van der Waals surface area contributed by atoms with Crippen LogP contribution in [0.15, 0.2) is 36.4 Å². The van der Waals surface area contributed by atoms with Crippen molar-refractivity contribution in [1.82, 2.24) is 14.8 Å². The first-order chi connectivity index (χ1) is 9.22. The summed E-state index contributed by atoms with van der Waals surface area (Å²) >= 11 is 3.37. The Bertz CT molecular complexity index is 752. The van der Waals surface area contributed by atoms with E-state index in [1.54, 1.807) is 12.1 Å². The van der Waals surface area contributed by atoms with E-state index in [-0.39, 0.29) is 5.82 Å². The number of fused-ring (bicyclic) bond motifs is 1. The Hall–Kier alpha value is -1.75. The summed E-state index contributed by atoms with van der Waals surface area (Å²) in [5.41, 5.74) is 0.888. The molecule has 0 amide bonds. The number of rotatable bonds is 2. The van der Waals surface area contributed by atoms with Gasteiger partial charge in [0.05, 0.1) is 5.33 Å². The van der Waals surface area contributed by atoms with Gasteiger partial charge >= 0.3 is 0 Å². The van der Waals surface area contributed by atoms with Crippen LogP contribution in [-0.4, -0.2) is 14.8 Å². The molecule has 1 aromatic heterocycles. The van der Waals surface area contributed by atoms with Gasteiger partial charge in [0.15, 0.2) is 5.82 Å². The molecule has 0 saturated carbocycles. The first-order valence-electron chi connectivity index (χ1n) is 5.84. The fourth-order valence-corrected chi connectivity index (χ4v) is 2.66. The number of halogens is 2. The van der Waals surface area contributed by atoms with Crippen molar-refractivity contribution in [1.29, 1.82) is 0 Å². The number of hydrogen-bond acceptors (Lipinski definition) is 2. The van der Waals surface area contributed by atoms with E-state index in [0.29, 0.717) is 10.7 Å². The highest BCUT2D eigenvalue weighted by molar-refractivity contribution is 9.08. The number of aromatic nitrogens is 3. The first kappa shape index (κ1) is 12.3. The Morgan fingerprint density at radius 3 is 2.53 bits per heavy atom. The zero-order valence-electron chi connectivity index (χ0n) is 10.3. The van der Waals surface area contributed by atoms with Crippen molar-refractivity contribution in [2.45, 2.75) is 5.33 Å². The second kappa shape index (κ2) is 4.74. The van der Waals surface area contributed by atoms with E-state index in [1.807, 2.05) is 29.8 Å². The van der Waals surface area contributed by atoms with Crippen molar-refractivity contribution in [3.05, 3.63) is 48.0 Å². The van der Waals surface area contributed by atoms with E-state index in [1.165, 1.54) is 6.07 Å². The molecule has 3 rings (SSSR count). The highest BCUT2D eigenvalue weighted by atomic mass is 79.9. The summed E-state index contributed by atoms with van der Waals surface area (Å²) in [7, 11) is 1.91. The third kappa shape index (κ3) is 1.94. The molecule has 0 radical (unpaired) electrons. The molecule has 0 unspecified atom stereocenters. The van der Waals surface area contributed by atoms with Crippen molar-refractivity contribution in [3.63, 3.8) is 0 Å². The summed E-state index contributed by atoms with van der Waals surface area (Å²) in [6.45, 7) is 0. The van der Waals surface area contributed by atoms with Gasteiger partial charge in [-0.25, -0.2) is 4.39 Å². The molecule has 0 atom stereocenters. The van der Waals surface area contributed by atoms with Gasteiger partial charge in [0.1, 0.15) is 11.6 Å². The van der Waals surface area contributed by atoms with Gasteiger partial charge in [-0.1, -0.05) is 40.2 Å². The average molecular weight is 320 g/mol. The monoisotopic (exact) mass is 319 g/mol. The van der Waals surface area contributed by atoms with Crippen molar-refractivity contribution in [2.24, 2.45) is 7.05 Å². The molecular formula is C14H11BrFN3. The Balaban J connectivity index is 2.31. The molecule has 5 heteroatoms. The average Bonchev–Trinajstić information content (AvgIpc) is 2.81. The van der Waals surface area contributed by atoms with Gasteiger partial charge < -0.3 is 4.57 Å². The smallest absolute Gasteiger partial charge is 0.164 e. The minimum Gasteiger partial charge on any atom is -0.313 e. The number of hydrogen-bond donors (Lipinski definition) is 0. The van der Waals surface area contributed by atoms with Crippen LogP contribution in [0.3, 0.4) is 0 Å². The SMILES string of the molecule is Cn1c(CBr)nnc1-c1ccc(F)c2ccccc12. The van der Waals surface area contributed by atoms with Crippen LogP contribution >= 0.6 is 15.9 Å². The van der Waals surface area contributed by atoms with Crippen molar-refractivity contribution >= 4 is 26.7 Å². The molecule has 0 bridgehead atoms. The molecule has 2 aromatic carbocycles. The van der Waals surface area contributed by atoms with Crippen LogP contribution in [-0.2, 0) is 12.4 Å². The molecule has 0 fully saturated rings. The van der Waals surface area contributed by atoms with Crippen LogP contribution in [0.1, 0.15) is 5.82 Å². The van der Waals surface area contributed by atoms with E-state index in [0.717, 1.165) is 22.6 Å². The lowest BCUT2D eigenvalue weighted by atomic mass is 10.0. The quantitative estimate of drug-likeness (QED) is 0.675. The Kier molecular flexibility index (Phi) is 3.06. The van der Waals surface area contributed by atoms with E-state index >= 15 is 0 Å². The van der Waals surface area contributed by atoms with Gasteiger partial charge in [0.2, 0.25) is 0 Å². The highest BCUT2D eigenvalue weighted by Gasteiger charge is 2.13. The summed E-state index contributed by atoms with van der Waals surface area (Å²) in [6.07, 6.45) is 0. The molecule has 0 saturated heterocycles. The summed E-state index contributed by atoms with van der Waals surface area (Å²) in [6, 6.07) is 10.6. The van der Waals surface area contributed by atoms with Crippen LogP contribution < -0.4 is 0 Å². The van der Waals surface area contributed by atoms with Crippen molar-refractivity contribution < 1.29 is 4.39 Å². The molecule has 19 heavy (non-hydrogen) atoms. The summed E-state index contributed by atoms with van der Waals surface area (Å²) in [4.78, 5) is 0. The lowest BCUT2D eigenvalue weighted by molar-refractivity contribution is 0.640. The topological polar surface area (TPSA) is 30.7 Å². The Morgan fingerprint density at radius 2 is 1.84 bits per heavy atom. The standard InChI is InChI=1S/C14H11BrFN3/c1-19-13(8-15)17-18-14(19)11-6-7-12(16)10-5-3-2-4-9(10)11/h2-7H,8H2,1H3. The molecule has 3 nitrogen and oxygen atoms in total. The van der Waals surface area contributed by atoms with Crippen LogP contribution in [0.2, 0.25) is 0 Å². The molecule has 0 aliphatic carbocycles. The van der Waals surface area contributed by atoms with Crippen LogP contribution in [0.4, 0.5) is 4.39 Å². The van der Waals surface area contributed by atoms with Gasteiger partial charge in [-0.3, -0.25) is 0 Å². The summed E-state index contributed by atoms with van der Waals surface area (Å²) in [5, 5.41) is 10.4. The second-order valence-corrected chi connectivity index (χ2v) is 4.83. The van der Waals surface area contributed by atoms with Crippen molar-refractivity contribution in [2.75, 3.05) is 0 Å². The van der Waals surface area contributed by atoms with Gasteiger partial charge in [-0.05, 0) is 17.5 Å². The predicted molar refractivity (Wildman–Crippen MR) is 76.5 cm³/mol. The lowest BCUT2D eigenvalue weighted by Gasteiger charge is -2.07. The maximum atomic E-state index is 13.8. The van der Waals surface area contributed by atoms with Gasteiger partial charge in [0.25, 0.3) is 0 Å². The highest BCUT2D eigenvalue weighted by Crippen LogP contribution is 2.29. The third-order valence-corrected chi connectivity index (χ3v) is 3.70. The third-order valence-electron chi connectivity index (χ3n) is 3.20. The molecule has 0 N–H and O–H groups in total. The number of benzene rings is 2. The normalized spacial score (nSPS) is 11.1. The van der Waals surface area contributed by atoms with Crippen LogP contribution in [0.25, 0.3) is 22.2 Å². The zero-order valence-corrected chi connectivity index (χ0v) is 11.9. The van der Waals surface area contributed by atoms with E-state index in [4.69, 9.17) is 0 Å². The Labute approximate surface area is 118 Å². The minimum atomic E-state index is -0.220. The van der Waals surface area contributed by atoms with Crippen molar-refractivity contribution in [3.8, 4) is 11.4 Å².